The Kier molecular flexibility index (Phi) is 9.02. The summed E-state index contributed by atoms with van der Waals surface area (Å²) in [6.45, 7) is 8.49. The van der Waals surface area contributed by atoms with Gasteiger partial charge in [-0.2, -0.15) is 0 Å². The van der Waals surface area contributed by atoms with Crippen LogP contribution in [-0.2, 0) is 17.8 Å². The minimum atomic E-state index is -1.33. The van der Waals surface area contributed by atoms with Crippen LogP contribution in [0.25, 0.3) is 0 Å². The first-order valence-corrected chi connectivity index (χ1v) is 9.13. The molecule has 152 valence electrons. The zero-order valence-electron chi connectivity index (χ0n) is 17.0. The molecule has 1 atom stereocenters. The first-order chi connectivity index (χ1) is 13.1. The number of ether oxygens (including phenoxy) is 1. The molecule has 0 aliphatic rings. The van der Waals surface area contributed by atoms with E-state index in [-0.39, 0.29) is 17.7 Å². The van der Waals surface area contributed by atoms with Crippen molar-refractivity contribution in [3.05, 3.63) is 71.8 Å². The lowest BCUT2D eigenvalue weighted by Gasteiger charge is -2.39. The molecule has 2 aromatic carbocycles. The number of carbonyl (C=O) groups is 2. The number of nitrogens with zero attached hydrogens (tertiary/aromatic N) is 1. The Morgan fingerprint density at radius 2 is 1.43 bits per heavy atom. The van der Waals surface area contributed by atoms with Crippen LogP contribution in [0.15, 0.2) is 60.7 Å². The van der Waals surface area contributed by atoms with Crippen LogP contribution in [-0.4, -0.2) is 33.8 Å². The standard InChI is InChI=1S/C21H27NO2.CH3NO2/c1-17(15-18-11-7-5-8-12-18)22(21(2,3)4)20(23)24-16-19-13-9-6-10-14-19;2-1(3)4/h5-14,17H,15-16H2,1-4H3;2H2,(H,3,4)/t17-;/m1./s1. The van der Waals surface area contributed by atoms with E-state index >= 15 is 0 Å². The highest BCUT2D eigenvalue weighted by Gasteiger charge is 2.32. The molecule has 0 saturated carbocycles. The van der Waals surface area contributed by atoms with Gasteiger partial charge in [0, 0.05) is 11.6 Å². The number of amides is 2. The predicted molar refractivity (Wildman–Crippen MR) is 110 cm³/mol. The Balaban J connectivity index is 0.000000892. The number of hydrogen-bond donors (Lipinski definition) is 2. The lowest BCUT2D eigenvalue weighted by atomic mass is 10.00. The third-order valence-electron chi connectivity index (χ3n) is 3.94. The van der Waals surface area contributed by atoms with Gasteiger partial charge in [0.2, 0.25) is 0 Å². The molecule has 0 radical (unpaired) electrons. The third kappa shape index (κ3) is 8.58. The SMILES string of the molecule is C[C@H](Cc1ccccc1)N(C(=O)OCc1ccccc1)C(C)(C)C.NC(=O)O. The molecule has 0 aromatic heterocycles. The fourth-order valence-electron chi connectivity index (χ4n) is 2.95. The van der Waals surface area contributed by atoms with E-state index in [9.17, 15) is 4.79 Å². The zero-order valence-corrected chi connectivity index (χ0v) is 17.0. The van der Waals surface area contributed by atoms with Crippen LogP contribution in [0.5, 0.6) is 0 Å². The molecule has 0 saturated heterocycles. The minimum Gasteiger partial charge on any atom is -0.465 e. The summed E-state index contributed by atoms with van der Waals surface area (Å²) in [5, 5.41) is 7.19. The monoisotopic (exact) mass is 386 g/mol. The lowest BCUT2D eigenvalue weighted by molar-refractivity contribution is 0.0437. The van der Waals surface area contributed by atoms with Crippen LogP contribution in [0.1, 0.15) is 38.8 Å². The Bertz CT molecular complexity index is 723. The van der Waals surface area contributed by atoms with Crippen LogP contribution in [0.2, 0.25) is 0 Å². The number of primary amides is 1. The summed E-state index contributed by atoms with van der Waals surface area (Å²) in [5.74, 6) is 0. The first kappa shape index (κ1) is 23.0. The highest BCUT2D eigenvalue weighted by Crippen LogP contribution is 2.21. The van der Waals surface area contributed by atoms with Crippen molar-refractivity contribution in [2.24, 2.45) is 5.73 Å². The van der Waals surface area contributed by atoms with E-state index in [1.807, 2.05) is 74.2 Å². The van der Waals surface area contributed by atoms with Gasteiger partial charge in [-0.25, -0.2) is 9.59 Å². The van der Waals surface area contributed by atoms with Crippen molar-refractivity contribution in [3.8, 4) is 0 Å². The summed E-state index contributed by atoms with van der Waals surface area (Å²) in [6.07, 6.45) is -0.798. The number of rotatable bonds is 5. The van der Waals surface area contributed by atoms with Gasteiger partial charge < -0.3 is 20.5 Å². The van der Waals surface area contributed by atoms with E-state index in [1.54, 1.807) is 0 Å². The molecule has 6 heteroatoms. The van der Waals surface area contributed by atoms with Gasteiger partial charge in [0.15, 0.2) is 0 Å². The number of carbonyl (C=O) groups excluding carboxylic acids is 1. The van der Waals surface area contributed by atoms with Crippen LogP contribution in [0.4, 0.5) is 9.59 Å². The topological polar surface area (TPSA) is 92.9 Å². The normalized spacial score (nSPS) is 11.6. The van der Waals surface area contributed by atoms with Gasteiger partial charge in [-0.3, -0.25) is 0 Å². The van der Waals surface area contributed by atoms with E-state index < -0.39 is 6.09 Å². The Labute approximate surface area is 166 Å². The smallest absolute Gasteiger partial charge is 0.410 e. The molecular formula is C22H30N2O4. The molecule has 0 bridgehead atoms. The second kappa shape index (κ2) is 11.0. The third-order valence-corrected chi connectivity index (χ3v) is 3.94. The van der Waals surface area contributed by atoms with Crippen LogP contribution in [0.3, 0.4) is 0 Å². The van der Waals surface area contributed by atoms with Crippen molar-refractivity contribution < 1.29 is 19.4 Å². The Morgan fingerprint density at radius 1 is 1.00 bits per heavy atom. The quantitative estimate of drug-likeness (QED) is 0.780. The minimum absolute atomic E-state index is 0.0515. The predicted octanol–water partition coefficient (Wildman–Crippen LogP) is 4.68. The molecule has 0 aliphatic carbocycles. The van der Waals surface area contributed by atoms with E-state index in [2.05, 4.69) is 24.8 Å². The molecule has 2 rings (SSSR count). The molecule has 0 unspecified atom stereocenters. The first-order valence-electron chi connectivity index (χ1n) is 9.13. The molecule has 2 aromatic rings. The van der Waals surface area contributed by atoms with Crippen molar-refractivity contribution in [2.75, 3.05) is 0 Å². The highest BCUT2D eigenvalue weighted by molar-refractivity contribution is 5.69. The lowest BCUT2D eigenvalue weighted by Crippen LogP contribution is -2.51. The van der Waals surface area contributed by atoms with Crippen molar-refractivity contribution in [1.29, 1.82) is 0 Å². The number of hydrogen-bond acceptors (Lipinski definition) is 3. The Hall–Kier alpha value is -3.02. The fraction of sp³-hybridized carbons (Fsp3) is 0.364. The fourth-order valence-corrected chi connectivity index (χ4v) is 2.95. The van der Waals surface area contributed by atoms with Gasteiger partial charge in [0.1, 0.15) is 6.61 Å². The van der Waals surface area contributed by atoms with Gasteiger partial charge in [0.05, 0.1) is 0 Å². The van der Waals surface area contributed by atoms with E-state index in [0.717, 1.165) is 12.0 Å². The molecule has 0 aliphatic heterocycles. The van der Waals surface area contributed by atoms with Gasteiger partial charge in [-0.1, -0.05) is 60.7 Å². The molecule has 6 nitrogen and oxygen atoms in total. The second-order valence-corrected chi connectivity index (χ2v) is 7.46. The summed E-state index contributed by atoms with van der Waals surface area (Å²) in [5.41, 5.74) is 5.94. The summed E-state index contributed by atoms with van der Waals surface area (Å²) >= 11 is 0. The largest absolute Gasteiger partial charge is 0.465 e. The van der Waals surface area contributed by atoms with Crippen molar-refractivity contribution in [3.63, 3.8) is 0 Å². The summed E-state index contributed by atoms with van der Waals surface area (Å²) < 4.78 is 5.56. The second-order valence-electron chi connectivity index (χ2n) is 7.46. The summed E-state index contributed by atoms with van der Waals surface area (Å²) in [4.78, 5) is 23.3. The molecule has 3 N–H and O–H groups in total. The number of nitrogens with two attached hydrogens (primary N) is 1. The summed E-state index contributed by atoms with van der Waals surface area (Å²) in [7, 11) is 0. The van der Waals surface area contributed by atoms with Crippen molar-refractivity contribution in [2.45, 2.75) is 52.3 Å². The molecule has 0 fully saturated rings. The molecule has 0 spiro atoms. The van der Waals surface area contributed by atoms with Crippen molar-refractivity contribution in [1.82, 2.24) is 4.90 Å². The average Bonchev–Trinajstić information content (AvgIpc) is 2.60. The maximum atomic E-state index is 12.7. The van der Waals surface area contributed by atoms with E-state index in [4.69, 9.17) is 14.6 Å². The van der Waals surface area contributed by atoms with Crippen LogP contribution < -0.4 is 5.73 Å². The van der Waals surface area contributed by atoms with Gasteiger partial charge in [-0.05, 0) is 45.2 Å². The molecule has 2 amide bonds. The number of carboxylic acid groups (broad SMARTS) is 1. The van der Waals surface area contributed by atoms with Gasteiger partial charge in [0.25, 0.3) is 0 Å². The van der Waals surface area contributed by atoms with Crippen LogP contribution >= 0.6 is 0 Å². The molecule has 28 heavy (non-hydrogen) atoms. The molecule has 0 heterocycles. The summed E-state index contributed by atoms with van der Waals surface area (Å²) in [6, 6.07) is 20.1. The van der Waals surface area contributed by atoms with E-state index in [0.29, 0.717) is 6.61 Å². The van der Waals surface area contributed by atoms with Gasteiger partial charge in [-0.15, -0.1) is 0 Å². The highest BCUT2D eigenvalue weighted by atomic mass is 16.6. The maximum Gasteiger partial charge on any atom is 0.410 e. The zero-order chi connectivity index (χ0) is 21.2. The van der Waals surface area contributed by atoms with Crippen LogP contribution in [0, 0.1) is 0 Å². The Morgan fingerprint density at radius 3 is 1.86 bits per heavy atom. The van der Waals surface area contributed by atoms with Gasteiger partial charge >= 0.3 is 12.2 Å². The van der Waals surface area contributed by atoms with Crippen molar-refractivity contribution >= 4 is 12.2 Å². The average molecular weight is 386 g/mol. The number of benzene rings is 2. The maximum absolute atomic E-state index is 12.7. The van der Waals surface area contributed by atoms with E-state index in [1.165, 1.54) is 5.56 Å². The molecular weight excluding hydrogens is 356 g/mol.